The van der Waals surface area contributed by atoms with Gasteiger partial charge in [0.2, 0.25) is 5.91 Å². The lowest BCUT2D eigenvalue weighted by molar-refractivity contribution is -0.384. The van der Waals surface area contributed by atoms with E-state index in [1.807, 2.05) is 34.1 Å². The Morgan fingerprint density at radius 1 is 0.939 bits per heavy atom. The summed E-state index contributed by atoms with van der Waals surface area (Å²) in [5.41, 5.74) is 2.40. The van der Waals surface area contributed by atoms with E-state index in [-0.39, 0.29) is 17.2 Å². The number of carbonyl (C=O) groups excluding carboxylic acids is 2. The van der Waals surface area contributed by atoms with Crippen LogP contribution in [0.1, 0.15) is 17.3 Å². The molecule has 0 radical (unpaired) electrons. The minimum absolute atomic E-state index is 0.0882. The normalized spacial score (nSPS) is 16.5. The Kier molecular flexibility index (Phi) is 6.74. The molecule has 33 heavy (non-hydrogen) atoms. The average molecular weight is 453 g/mol. The number of hydrogen-bond donors (Lipinski definition) is 1. The van der Waals surface area contributed by atoms with E-state index < -0.39 is 10.8 Å². The van der Waals surface area contributed by atoms with Gasteiger partial charge in [0.1, 0.15) is 0 Å². The number of nitrogens with one attached hydrogen (secondary N) is 1. The third-order valence-corrected chi connectivity index (χ3v) is 6.00. The zero-order chi connectivity index (χ0) is 23.4. The molecule has 0 spiro atoms. The molecule has 10 nitrogen and oxygen atoms in total. The fraction of sp³-hybridized carbons (Fsp3) is 0.391. The van der Waals surface area contributed by atoms with Crippen molar-refractivity contribution in [3.63, 3.8) is 0 Å². The highest BCUT2D eigenvalue weighted by Crippen LogP contribution is 2.28. The Morgan fingerprint density at radius 2 is 1.61 bits per heavy atom. The Hall–Kier alpha value is -3.66. The van der Waals surface area contributed by atoms with Crippen molar-refractivity contribution >= 4 is 34.6 Å². The maximum Gasteiger partial charge on any atom is 0.270 e. The fourth-order valence-corrected chi connectivity index (χ4v) is 4.13. The Labute approximate surface area is 191 Å². The number of anilines is 3. The molecule has 4 rings (SSSR count). The van der Waals surface area contributed by atoms with E-state index in [1.165, 1.54) is 12.1 Å². The van der Waals surface area contributed by atoms with Gasteiger partial charge in [0.25, 0.3) is 11.6 Å². The third-order valence-electron chi connectivity index (χ3n) is 6.00. The van der Waals surface area contributed by atoms with E-state index >= 15 is 0 Å². The molecule has 2 saturated heterocycles. The maximum atomic E-state index is 13.1. The molecule has 174 valence electrons. The van der Waals surface area contributed by atoms with Crippen LogP contribution in [0.15, 0.2) is 42.5 Å². The first-order chi connectivity index (χ1) is 15.9. The third kappa shape index (κ3) is 5.23. The van der Waals surface area contributed by atoms with E-state index in [0.29, 0.717) is 50.8 Å². The van der Waals surface area contributed by atoms with Crippen LogP contribution in [0, 0.1) is 10.1 Å². The minimum Gasteiger partial charge on any atom is -0.378 e. The van der Waals surface area contributed by atoms with Gasteiger partial charge in [-0.15, -0.1) is 0 Å². The van der Waals surface area contributed by atoms with Crippen molar-refractivity contribution in [2.24, 2.45) is 0 Å². The highest BCUT2D eigenvalue weighted by atomic mass is 16.6. The first kappa shape index (κ1) is 22.5. The quantitative estimate of drug-likeness (QED) is 0.547. The summed E-state index contributed by atoms with van der Waals surface area (Å²) in [7, 11) is 0. The van der Waals surface area contributed by atoms with Crippen molar-refractivity contribution < 1.29 is 19.2 Å². The number of benzene rings is 2. The minimum atomic E-state index is -0.499. The number of carbonyl (C=O) groups is 2. The SMILES string of the molecule is CC(=O)N1CCN(c2ccc(NC(=O)c3cc([N+](=O)[O-])ccc3N3CCOCC3)cc2)CC1. The van der Waals surface area contributed by atoms with Gasteiger partial charge < -0.3 is 24.8 Å². The topological polar surface area (TPSA) is 108 Å². The standard InChI is InChI=1S/C23H27N5O5/c1-17(29)25-8-10-26(11-9-25)19-4-2-18(3-5-19)24-23(30)21-16-20(28(31)32)6-7-22(21)27-12-14-33-15-13-27/h2-7,16H,8-15H2,1H3,(H,24,30). The maximum absolute atomic E-state index is 13.1. The molecule has 0 saturated carbocycles. The number of hydrogen-bond acceptors (Lipinski definition) is 7. The summed E-state index contributed by atoms with van der Waals surface area (Å²) in [6.07, 6.45) is 0. The molecule has 0 aliphatic carbocycles. The van der Waals surface area contributed by atoms with Crippen LogP contribution in [0.2, 0.25) is 0 Å². The van der Waals surface area contributed by atoms with Crippen LogP contribution in [-0.2, 0) is 9.53 Å². The second kappa shape index (κ2) is 9.86. The molecular weight excluding hydrogens is 426 g/mol. The van der Waals surface area contributed by atoms with E-state index in [1.54, 1.807) is 13.0 Å². The summed E-state index contributed by atoms with van der Waals surface area (Å²) in [6.45, 7) is 6.77. The lowest BCUT2D eigenvalue weighted by Crippen LogP contribution is -2.48. The first-order valence-electron chi connectivity index (χ1n) is 11.0. The molecule has 2 heterocycles. The second-order valence-electron chi connectivity index (χ2n) is 8.05. The van der Waals surface area contributed by atoms with E-state index in [4.69, 9.17) is 4.74 Å². The van der Waals surface area contributed by atoms with Gasteiger partial charge in [-0.05, 0) is 30.3 Å². The number of nitrogens with zero attached hydrogens (tertiary/aromatic N) is 4. The number of non-ortho nitro benzene ring substituents is 1. The first-order valence-corrected chi connectivity index (χ1v) is 11.0. The summed E-state index contributed by atoms with van der Waals surface area (Å²) < 4.78 is 5.38. The number of nitro benzene ring substituents is 1. The van der Waals surface area contributed by atoms with Crippen molar-refractivity contribution in [1.29, 1.82) is 0 Å². The van der Waals surface area contributed by atoms with E-state index in [9.17, 15) is 19.7 Å². The van der Waals surface area contributed by atoms with Gasteiger partial charge in [-0.25, -0.2) is 0 Å². The predicted octanol–water partition coefficient (Wildman–Crippen LogP) is 2.35. The van der Waals surface area contributed by atoms with Crippen LogP contribution < -0.4 is 15.1 Å². The van der Waals surface area contributed by atoms with Gasteiger partial charge in [-0.1, -0.05) is 0 Å². The van der Waals surface area contributed by atoms with Gasteiger partial charge in [0, 0.05) is 69.7 Å². The summed E-state index contributed by atoms with van der Waals surface area (Å²) >= 11 is 0. The number of piperazine rings is 1. The van der Waals surface area contributed by atoms with Crippen molar-refractivity contribution in [3.05, 3.63) is 58.1 Å². The van der Waals surface area contributed by atoms with E-state index in [2.05, 4.69) is 10.2 Å². The Morgan fingerprint density at radius 3 is 2.21 bits per heavy atom. The molecule has 0 unspecified atom stereocenters. The molecule has 10 heteroatoms. The van der Waals surface area contributed by atoms with Crippen molar-refractivity contribution in [2.45, 2.75) is 6.92 Å². The summed E-state index contributed by atoms with van der Waals surface area (Å²) in [5.74, 6) is -0.312. The summed E-state index contributed by atoms with van der Waals surface area (Å²) in [6, 6.07) is 11.9. The van der Waals surface area contributed by atoms with Gasteiger partial charge >= 0.3 is 0 Å². The summed E-state index contributed by atoms with van der Waals surface area (Å²) in [4.78, 5) is 41.4. The molecule has 0 bridgehead atoms. The lowest BCUT2D eigenvalue weighted by Gasteiger charge is -2.35. The molecule has 2 aliphatic rings. The molecule has 2 aromatic rings. The molecule has 2 fully saturated rings. The predicted molar refractivity (Wildman–Crippen MR) is 125 cm³/mol. The van der Waals surface area contributed by atoms with Crippen LogP contribution in [0.3, 0.4) is 0 Å². The van der Waals surface area contributed by atoms with Crippen molar-refractivity contribution in [2.75, 3.05) is 67.6 Å². The molecule has 0 aromatic heterocycles. The smallest absolute Gasteiger partial charge is 0.270 e. The van der Waals surface area contributed by atoms with E-state index in [0.717, 1.165) is 18.8 Å². The molecule has 0 atom stereocenters. The summed E-state index contributed by atoms with van der Waals surface area (Å²) in [5, 5.41) is 14.1. The van der Waals surface area contributed by atoms with Gasteiger partial charge in [-0.3, -0.25) is 19.7 Å². The number of ether oxygens (including phenoxy) is 1. The average Bonchev–Trinajstić information content (AvgIpc) is 2.84. The van der Waals surface area contributed by atoms with Crippen LogP contribution in [-0.4, -0.2) is 74.1 Å². The van der Waals surface area contributed by atoms with Crippen molar-refractivity contribution in [1.82, 2.24) is 4.90 Å². The Bertz CT molecular complexity index is 1030. The number of rotatable bonds is 5. The molecule has 2 aromatic carbocycles. The number of morpholine rings is 1. The number of amides is 2. The lowest BCUT2D eigenvalue weighted by atomic mass is 10.1. The van der Waals surface area contributed by atoms with Gasteiger partial charge in [0.05, 0.1) is 29.4 Å². The molecular formula is C23H27N5O5. The van der Waals surface area contributed by atoms with Crippen LogP contribution in [0.5, 0.6) is 0 Å². The fourth-order valence-electron chi connectivity index (χ4n) is 4.13. The zero-order valence-corrected chi connectivity index (χ0v) is 18.5. The molecule has 2 aliphatic heterocycles. The largest absolute Gasteiger partial charge is 0.378 e. The van der Waals surface area contributed by atoms with Crippen LogP contribution >= 0.6 is 0 Å². The van der Waals surface area contributed by atoms with Crippen molar-refractivity contribution in [3.8, 4) is 0 Å². The highest BCUT2D eigenvalue weighted by Gasteiger charge is 2.23. The molecule has 2 amide bonds. The van der Waals surface area contributed by atoms with Gasteiger partial charge in [0.15, 0.2) is 0 Å². The highest BCUT2D eigenvalue weighted by molar-refractivity contribution is 6.08. The second-order valence-corrected chi connectivity index (χ2v) is 8.05. The number of nitro groups is 1. The molecule has 1 N–H and O–H groups in total. The Balaban J connectivity index is 1.48. The zero-order valence-electron chi connectivity index (χ0n) is 18.5. The monoisotopic (exact) mass is 453 g/mol. The van der Waals surface area contributed by atoms with Gasteiger partial charge in [-0.2, -0.15) is 0 Å². The van der Waals surface area contributed by atoms with Crippen LogP contribution in [0.25, 0.3) is 0 Å². The van der Waals surface area contributed by atoms with Crippen LogP contribution in [0.4, 0.5) is 22.7 Å².